The topological polar surface area (TPSA) is 78.9 Å². The number of aliphatic carboxylic acids is 1. The Labute approximate surface area is 136 Å². The van der Waals surface area contributed by atoms with E-state index in [1.807, 2.05) is 30.3 Å². The molecule has 1 heterocycles. The Balaban J connectivity index is 1.87. The number of carbonyl (C=O) groups is 2. The Morgan fingerprint density at radius 2 is 2.09 bits per heavy atom. The molecule has 3 unspecified atom stereocenters. The Bertz CT molecular complexity index is 535. The van der Waals surface area contributed by atoms with Crippen LogP contribution >= 0.6 is 0 Å². The van der Waals surface area contributed by atoms with Gasteiger partial charge < -0.3 is 20.1 Å². The van der Waals surface area contributed by atoms with Gasteiger partial charge in [0.25, 0.3) is 0 Å². The Kier molecular flexibility index (Phi) is 5.98. The van der Waals surface area contributed by atoms with Crippen molar-refractivity contribution in [3.8, 4) is 0 Å². The van der Waals surface area contributed by atoms with E-state index in [0.29, 0.717) is 6.61 Å². The van der Waals surface area contributed by atoms with Gasteiger partial charge in [-0.25, -0.2) is 4.79 Å². The lowest BCUT2D eigenvalue weighted by molar-refractivity contribution is -0.141. The second-order valence-electron chi connectivity index (χ2n) is 6.06. The molecule has 0 saturated carbocycles. The zero-order chi connectivity index (χ0) is 16.8. The van der Waals surface area contributed by atoms with Crippen LogP contribution in [-0.4, -0.2) is 48.2 Å². The third-order valence-corrected chi connectivity index (χ3v) is 4.10. The molecule has 0 spiro atoms. The third kappa shape index (κ3) is 4.96. The van der Waals surface area contributed by atoms with E-state index in [-0.39, 0.29) is 24.7 Å². The van der Waals surface area contributed by atoms with Crippen molar-refractivity contribution >= 4 is 12.0 Å². The Morgan fingerprint density at radius 3 is 2.74 bits per heavy atom. The molecule has 3 atom stereocenters. The highest BCUT2D eigenvalue weighted by atomic mass is 16.5. The number of hydrogen-bond donors (Lipinski definition) is 2. The first-order chi connectivity index (χ1) is 11.0. The molecule has 1 saturated heterocycles. The molecule has 2 amide bonds. The van der Waals surface area contributed by atoms with Crippen molar-refractivity contribution in [3.63, 3.8) is 0 Å². The van der Waals surface area contributed by atoms with Gasteiger partial charge in [-0.05, 0) is 18.4 Å². The minimum absolute atomic E-state index is 0.0153. The smallest absolute Gasteiger partial charge is 0.317 e. The van der Waals surface area contributed by atoms with E-state index in [2.05, 4.69) is 5.32 Å². The summed E-state index contributed by atoms with van der Waals surface area (Å²) in [5, 5.41) is 11.9. The summed E-state index contributed by atoms with van der Waals surface area (Å²) in [5.74, 6) is -1.49. The van der Waals surface area contributed by atoms with Gasteiger partial charge >= 0.3 is 12.0 Å². The van der Waals surface area contributed by atoms with E-state index in [4.69, 9.17) is 9.84 Å². The van der Waals surface area contributed by atoms with Crippen LogP contribution in [-0.2, 0) is 9.53 Å². The predicted octanol–water partition coefficient (Wildman–Crippen LogP) is 2.27. The first kappa shape index (κ1) is 17.3. The van der Waals surface area contributed by atoms with Crippen LogP contribution in [0.5, 0.6) is 0 Å². The molecule has 6 heteroatoms. The van der Waals surface area contributed by atoms with Crippen LogP contribution in [0.25, 0.3) is 0 Å². The van der Waals surface area contributed by atoms with Crippen molar-refractivity contribution in [1.82, 2.24) is 10.2 Å². The monoisotopic (exact) mass is 320 g/mol. The number of amides is 2. The fourth-order valence-electron chi connectivity index (χ4n) is 2.68. The zero-order valence-electron chi connectivity index (χ0n) is 13.6. The van der Waals surface area contributed by atoms with Gasteiger partial charge in [0.2, 0.25) is 0 Å². The maximum Gasteiger partial charge on any atom is 0.317 e. The normalized spacial score (nSPS) is 22.2. The number of carboxylic acid groups (broad SMARTS) is 1. The molecule has 1 fully saturated rings. The highest BCUT2D eigenvalue weighted by molar-refractivity contribution is 5.76. The number of rotatable bonds is 5. The molecule has 6 nitrogen and oxygen atoms in total. The maximum atomic E-state index is 12.2. The largest absolute Gasteiger partial charge is 0.481 e. The van der Waals surface area contributed by atoms with Gasteiger partial charge in [0, 0.05) is 26.2 Å². The van der Waals surface area contributed by atoms with Gasteiger partial charge in [-0.3, -0.25) is 4.79 Å². The fourth-order valence-corrected chi connectivity index (χ4v) is 2.68. The van der Waals surface area contributed by atoms with Crippen LogP contribution in [0.3, 0.4) is 0 Å². The number of carboxylic acids is 1. The lowest BCUT2D eigenvalue weighted by atomic mass is 9.97. The van der Waals surface area contributed by atoms with Crippen molar-refractivity contribution in [2.24, 2.45) is 5.92 Å². The van der Waals surface area contributed by atoms with Crippen LogP contribution < -0.4 is 5.32 Å². The molecule has 0 radical (unpaired) electrons. The highest BCUT2D eigenvalue weighted by Crippen LogP contribution is 2.27. The average molecular weight is 320 g/mol. The molecule has 126 valence electrons. The number of carbonyl (C=O) groups excluding carboxylic acids is 1. The molecular weight excluding hydrogens is 296 g/mol. The fraction of sp³-hybridized carbons (Fsp3) is 0.529. The Hall–Kier alpha value is -2.08. The van der Waals surface area contributed by atoms with Gasteiger partial charge in [0.1, 0.15) is 0 Å². The van der Waals surface area contributed by atoms with Gasteiger partial charge in [0.05, 0.1) is 12.0 Å². The molecular formula is C17H24N2O4. The minimum Gasteiger partial charge on any atom is -0.481 e. The second-order valence-corrected chi connectivity index (χ2v) is 6.06. The summed E-state index contributed by atoms with van der Waals surface area (Å²) in [6.07, 6.45) is 1.47. The number of nitrogens with zero attached hydrogens (tertiary/aromatic N) is 1. The van der Waals surface area contributed by atoms with Crippen molar-refractivity contribution < 1.29 is 19.4 Å². The molecule has 2 rings (SSSR count). The molecule has 23 heavy (non-hydrogen) atoms. The lowest BCUT2D eigenvalue weighted by Crippen LogP contribution is -2.47. The standard InChI is InChI=1S/C17H24N2O4/c1-12(16(20)21)11-19(2)17(22)18-14-8-9-23-15(10-14)13-6-4-3-5-7-13/h3-7,12,14-15H,8-11H2,1-2H3,(H,18,22)(H,20,21). The SMILES string of the molecule is CC(CN(C)C(=O)NC1CCOC(c2ccccc2)C1)C(=O)O. The van der Waals surface area contributed by atoms with Crippen LogP contribution in [0.4, 0.5) is 4.79 Å². The Morgan fingerprint density at radius 1 is 1.39 bits per heavy atom. The average Bonchev–Trinajstić information content (AvgIpc) is 2.55. The van der Waals surface area contributed by atoms with Crippen LogP contribution in [0.2, 0.25) is 0 Å². The minimum atomic E-state index is -0.903. The van der Waals surface area contributed by atoms with E-state index < -0.39 is 11.9 Å². The molecule has 0 aromatic heterocycles. The van der Waals surface area contributed by atoms with Gasteiger partial charge in [-0.1, -0.05) is 37.3 Å². The lowest BCUT2D eigenvalue weighted by Gasteiger charge is -2.32. The van der Waals surface area contributed by atoms with Crippen LogP contribution in [0.1, 0.15) is 31.4 Å². The summed E-state index contributed by atoms with van der Waals surface area (Å²) in [7, 11) is 1.61. The summed E-state index contributed by atoms with van der Waals surface area (Å²) in [5.41, 5.74) is 1.11. The van der Waals surface area contributed by atoms with Crippen molar-refractivity contribution in [3.05, 3.63) is 35.9 Å². The summed E-state index contributed by atoms with van der Waals surface area (Å²) in [4.78, 5) is 24.5. The second kappa shape index (κ2) is 7.97. The number of ether oxygens (including phenoxy) is 1. The molecule has 1 aliphatic rings. The van der Waals surface area contributed by atoms with Crippen LogP contribution in [0.15, 0.2) is 30.3 Å². The van der Waals surface area contributed by atoms with Crippen molar-refractivity contribution in [2.75, 3.05) is 20.2 Å². The summed E-state index contributed by atoms with van der Waals surface area (Å²) in [6, 6.07) is 9.75. The number of urea groups is 1. The summed E-state index contributed by atoms with van der Waals surface area (Å²) >= 11 is 0. The summed E-state index contributed by atoms with van der Waals surface area (Å²) < 4.78 is 5.79. The van der Waals surface area contributed by atoms with E-state index >= 15 is 0 Å². The zero-order valence-corrected chi connectivity index (χ0v) is 13.6. The van der Waals surface area contributed by atoms with Gasteiger partial charge in [-0.2, -0.15) is 0 Å². The molecule has 1 aliphatic heterocycles. The first-order valence-electron chi connectivity index (χ1n) is 7.88. The number of benzene rings is 1. The maximum absolute atomic E-state index is 12.2. The molecule has 1 aromatic carbocycles. The number of nitrogens with one attached hydrogen (secondary N) is 1. The van der Waals surface area contributed by atoms with E-state index in [0.717, 1.165) is 18.4 Å². The van der Waals surface area contributed by atoms with E-state index in [1.54, 1.807) is 14.0 Å². The molecule has 1 aromatic rings. The molecule has 0 aliphatic carbocycles. The van der Waals surface area contributed by atoms with E-state index in [9.17, 15) is 9.59 Å². The van der Waals surface area contributed by atoms with E-state index in [1.165, 1.54) is 4.90 Å². The van der Waals surface area contributed by atoms with Crippen LogP contribution in [0, 0.1) is 5.92 Å². The molecule has 2 N–H and O–H groups in total. The first-order valence-corrected chi connectivity index (χ1v) is 7.88. The third-order valence-electron chi connectivity index (χ3n) is 4.10. The quantitative estimate of drug-likeness (QED) is 0.872. The van der Waals surface area contributed by atoms with Crippen molar-refractivity contribution in [2.45, 2.75) is 31.9 Å². The van der Waals surface area contributed by atoms with Gasteiger partial charge in [0.15, 0.2) is 0 Å². The number of hydrogen-bond acceptors (Lipinski definition) is 3. The predicted molar refractivity (Wildman–Crippen MR) is 86.1 cm³/mol. The molecule has 0 bridgehead atoms. The van der Waals surface area contributed by atoms with Crippen molar-refractivity contribution in [1.29, 1.82) is 0 Å². The summed E-state index contributed by atoms with van der Waals surface area (Å²) in [6.45, 7) is 2.37. The van der Waals surface area contributed by atoms with Gasteiger partial charge in [-0.15, -0.1) is 0 Å². The highest BCUT2D eigenvalue weighted by Gasteiger charge is 2.26.